The molecule has 0 radical (unpaired) electrons. The van der Waals surface area contributed by atoms with E-state index in [0.29, 0.717) is 17.9 Å². The van der Waals surface area contributed by atoms with Crippen molar-refractivity contribution in [3.63, 3.8) is 0 Å². The van der Waals surface area contributed by atoms with Gasteiger partial charge in [-0.25, -0.2) is 0 Å². The number of nitro groups is 1. The molecule has 5 heteroatoms. The lowest BCUT2D eigenvalue weighted by atomic mass is 10.2. The van der Waals surface area contributed by atoms with Gasteiger partial charge >= 0.3 is 0 Å². The van der Waals surface area contributed by atoms with Crippen LogP contribution < -0.4 is 4.74 Å². The number of nitrogens with zero attached hydrogens (tertiary/aromatic N) is 2. The second-order valence-corrected chi connectivity index (χ2v) is 3.85. The summed E-state index contributed by atoms with van der Waals surface area (Å²) in [5, 5.41) is 19.3. The molecule has 0 amide bonds. The van der Waals surface area contributed by atoms with Gasteiger partial charge in [0.2, 0.25) is 0 Å². The number of ether oxygens (including phenoxy) is 1. The largest absolute Gasteiger partial charge is 0.489 e. The van der Waals surface area contributed by atoms with Gasteiger partial charge in [0.05, 0.1) is 22.6 Å². The van der Waals surface area contributed by atoms with Crippen molar-refractivity contribution in [1.82, 2.24) is 0 Å². The number of nitriles is 1. The first-order valence-electron chi connectivity index (χ1n) is 5.55. The first-order valence-corrected chi connectivity index (χ1v) is 5.55. The zero-order valence-electron chi connectivity index (χ0n) is 9.95. The van der Waals surface area contributed by atoms with Gasteiger partial charge in [0, 0.05) is 6.07 Å². The van der Waals surface area contributed by atoms with Crippen LogP contribution in [0.4, 0.5) is 5.69 Å². The van der Waals surface area contributed by atoms with Gasteiger partial charge in [0.25, 0.3) is 5.69 Å². The number of hydrogen-bond donors (Lipinski definition) is 0. The van der Waals surface area contributed by atoms with E-state index >= 15 is 0 Å². The topological polar surface area (TPSA) is 76.2 Å². The first kappa shape index (κ1) is 12.6. The molecule has 0 atom stereocenters. The molecule has 0 heterocycles. The summed E-state index contributed by atoms with van der Waals surface area (Å²) in [6.45, 7) is 0.298. The standard InChI is InChI=1S/C14H10N2O3/c15-9-11-4-6-12(7-5-11)10-19-14-3-1-2-13(8-14)16(17)18/h1-8H,10H2. The second kappa shape index (κ2) is 5.65. The second-order valence-electron chi connectivity index (χ2n) is 3.85. The van der Waals surface area contributed by atoms with Crippen molar-refractivity contribution < 1.29 is 9.66 Å². The van der Waals surface area contributed by atoms with Crippen LogP contribution in [-0.2, 0) is 6.61 Å². The van der Waals surface area contributed by atoms with Gasteiger partial charge in [-0.05, 0) is 23.8 Å². The molecule has 2 rings (SSSR count). The quantitative estimate of drug-likeness (QED) is 0.620. The summed E-state index contributed by atoms with van der Waals surface area (Å²) in [6.07, 6.45) is 0. The molecule has 0 saturated carbocycles. The minimum atomic E-state index is -0.464. The van der Waals surface area contributed by atoms with E-state index in [2.05, 4.69) is 0 Å². The molecule has 2 aromatic rings. The summed E-state index contributed by atoms with van der Waals surface area (Å²) in [4.78, 5) is 10.2. The predicted octanol–water partition coefficient (Wildman–Crippen LogP) is 3.05. The lowest BCUT2D eigenvalue weighted by Crippen LogP contribution is -1.96. The average Bonchev–Trinajstić information content (AvgIpc) is 2.46. The Morgan fingerprint density at radius 1 is 1.21 bits per heavy atom. The van der Waals surface area contributed by atoms with E-state index in [-0.39, 0.29) is 5.69 Å². The van der Waals surface area contributed by atoms with Crippen LogP contribution in [0, 0.1) is 21.4 Å². The highest BCUT2D eigenvalue weighted by Gasteiger charge is 2.06. The molecule has 0 aromatic heterocycles. The van der Waals surface area contributed by atoms with Crippen molar-refractivity contribution in [2.24, 2.45) is 0 Å². The minimum Gasteiger partial charge on any atom is -0.489 e. The lowest BCUT2D eigenvalue weighted by molar-refractivity contribution is -0.384. The van der Waals surface area contributed by atoms with Crippen molar-refractivity contribution in [3.05, 3.63) is 69.8 Å². The van der Waals surface area contributed by atoms with Gasteiger partial charge in [-0.3, -0.25) is 10.1 Å². The Labute approximate surface area is 109 Å². The van der Waals surface area contributed by atoms with Crippen LogP contribution in [0.15, 0.2) is 48.5 Å². The highest BCUT2D eigenvalue weighted by Crippen LogP contribution is 2.20. The molecule has 94 valence electrons. The van der Waals surface area contributed by atoms with Crippen LogP contribution in [0.25, 0.3) is 0 Å². The van der Waals surface area contributed by atoms with Gasteiger partial charge in [-0.2, -0.15) is 5.26 Å². The Bertz CT molecular complexity index is 630. The minimum absolute atomic E-state index is 0.00247. The van der Waals surface area contributed by atoms with E-state index in [1.807, 2.05) is 6.07 Å². The highest BCUT2D eigenvalue weighted by molar-refractivity contribution is 5.38. The molecular weight excluding hydrogens is 244 g/mol. The Balaban J connectivity index is 2.03. The van der Waals surface area contributed by atoms with Crippen LogP contribution >= 0.6 is 0 Å². The normalized spacial score (nSPS) is 9.63. The molecule has 19 heavy (non-hydrogen) atoms. The molecule has 0 spiro atoms. The number of rotatable bonds is 4. The Kier molecular flexibility index (Phi) is 3.74. The molecule has 0 N–H and O–H groups in total. The summed E-state index contributed by atoms with van der Waals surface area (Å²) in [5.74, 6) is 0.443. The Morgan fingerprint density at radius 2 is 1.95 bits per heavy atom. The number of nitro benzene ring substituents is 1. The third-order valence-electron chi connectivity index (χ3n) is 2.52. The first-order chi connectivity index (χ1) is 9.19. The summed E-state index contributed by atoms with van der Waals surface area (Å²) in [5.41, 5.74) is 1.47. The van der Waals surface area contributed by atoms with E-state index in [0.717, 1.165) is 5.56 Å². The van der Waals surface area contributed by atoms with Crippen LogP contribution in [-0.4, -0.2) is 4.92 Å². The van der Waals surface area contributed by atoms with Crippen molar-refractivity contribution in [2.45, 2.75) is 6.61 Å². The molecule has 2 aromatic carbocycles. The van der Waals surface area contributed by atoms with Crippen molar-refractivity contribution in [3.8, 4) is 11.8 Å². The van der Waals surface area contributed by atoms with Crippen molar-refractivity contribution >= 4 is 5.69 Å². The molecule has 0 fully saturated rings. The molecule has 5 nitrogen and oxygen atoms in total. The smallest absolute Gasteiger partial charge is 0.273 e. The Morgan fingerprint density at radius 3 is 2.58 bits per heavy atom. The maximum absolute atomic E-state index is 10.6. The fraction of sp³-hybridized carbons (Fsp3) is 0.0714. The van der Waals surface area contributed by atoms with Crippen LogP contribution in [0.3, 0.4) is 0 Å². The zero-order chi connectivity index (χ0) is 13.7. The van der Waals surface area contributed by atoms with E-state index in [1.54, 1.807) is 36.4 Å². The number of hydrogen-bond acceptors (Lipinski definition) is 4. The molecule has 0 aliphatic rings. The SMILES string of the molecule is N#Cc1ccc(COc2cccc([N+](=O)[O-])c2)cc1. The van der Waals surface area contributed by atoms with Gasteiger partial charge < -0.3 is 4.74 Å². The van der Waals surface area contributed by atoms with Crippen molar-refractivity contribution in [1.29, 1.82) is 5.26 Å². The summed E-state index contributed by atoms with van der Waals surface area (Å²) in [6, 6.07) is 15.0. The molecule has 0 bridgehead atoms. The van der Waals surface area contributed by atoms with Crippen molar-refractivity contribution in [2.75, 3.05) is 0 Å². The number of benzene rings is 2. The van der Waals surface area contributed by atoms with E-state index in [1.165, 1.54) is 12.1 Å². The third-order valence-corrected chi connectivity index (χ3v) is 2.52. The van der Waals surface area contributed by atoms with E-state index in [4.69, 9.17) is 10.00 Å². The van der Waals surface area contributed by atoms with Gasteiger partial charge in [0.15, 0.2) is 0 Å². The van der Waals surface area contributed by atoms with Gasteiger partial charge in [-0.1, -0.05) is 18.2 Å². The monoisotopic (exact) mass is 254 g/mol. The molecule has 0 saturated heterocycles. The maximum Gasteiger partial charge on any atom is 0.273 e. The Hall–Kier alpha value is -2.87. The van der Waals surface area contributed by atoms with E-state index in [9.17, 15) is 10.1 Å². The average molecular weight is 254 g/mol. The summed E-state index contributed by atoms with van der Waals surface area (Å²) < 4.78 is 5.47. The number of non-ortho nitro benzene ring substituents is 1. The molecule has 0 aliphatic heterocycles. The molecule has 0 aliphatic carbocycles. The summed E-state index contributed by atoms with van der Waals surface area (Å²) in [7, 11) is 0. The van der Waals surface area contributed by atoms with Crippen LogP contribution in [0.1, 0.15) is 11.1 Å². The van der Waals surface area contributed by atoms with Crippen LogP contribution in [0.5, 0.6) is 5.75 Å². The fourth-order valence-electron chi connectivity index (χ4n) is 1.53. The third kappa shape index (κ3) is 3.30. The maximum atomic E-state index is 10.6. The molecule has 0 unspecified atom stereocenters. The van der Waals surface area contributed by atoms with E-state index < -0.39 is 4.92 Å². The highest BCUT2D eigenvalue weighted by atomic mass is 16.6. The van der Waals surface area contributed by atoms with Gasteiger partial charge in [0.1, 0.15) is 12.4 Å². The predicted molar refractivity (Wildman–Crippen MR) is 68.6 cm³/mol. The van der Waals surface area contributed by atoms with Crippen LogP contribution in [0.2, 0.25) is 0 Å². The fourth-order valence-corrected chi connectivity index (χ4v) is 1.53. The van der Waals surface area contributed by atoms with Gasteiger partial charge in [-0.15, -0.1) is 0 Å². The lowest BCUT2D eigenvalue weighted by Gasteiger charge is -2.06. The zero-order valence-corrected chi connectivity index (χ0v) is 9.95. The summed E-state index contributed by atoms with van der Waals surface area (Å²) >= 11 is 0. The molecular formula is C14H10N2O3.